The van der Waals surface area contributed by atoms with E-state index < -0.39 is 6.10 Å². The molecule has 2 atom stereocenters. The molecule has 1 saturated carbocycles. The van der Waals surface area contributed by atoms with E-state index in [1.165, 1.54) is 12.8 Å². The summed E-state index contributed by atoms with van der Waals surface area (Å²) in [6, 6.07) is 8.15. The first-order chi connectivity index (χ1) is 10.2. The molecule has 4 nitrogen and oxygen atoms in total. The molecule has 1 N–H and O–H groups in total. The summed E-state index contributed by atoms with van der Waals surface area (Å²) in [6.07, 6.45) is 2.39. The van der Waals surface area contributed by atoms with Gasteiger partial charge in [0.15, 0.2) is 0 Å². The molecule has 4 heteroatoms. The maximum Gasteiger partial charge on any atom is 0.112 e. The van der Waals surface area contributed by atoms with Crippen LogP contribution in [0.1, 0.15) is 32.5 Å². The Balaban J connectivity index is 1.83. The van der Waals surface area contributed by atoms with Crippen LogP contribution >= 0.6 is 0 Å². The number of rotatable bonds is 7. The van der Waals surface area contributed by atoms with Crippen molar-refractivity contribution in [1.82, 2.24) is 9.55 Å². The average Bonchev–Trinajstić information content (AvgIpc) is 3.26. The zero-order valence-corrected chi connectivity index (χ0v) is 12.8. The van der Waals surface area contributed by atoms with Gasteiger partial charge in [0.1, 0.15) is 5.82 Å². The van der Waals surface area contributed by atoms with E-state index in [1.807, 2.05) is 25.1 Å². The lowest BCUT2D eigenvalue weighted by Gasteiger charge is -2.22. The average molecular weight is 288 g/mol. The monoisotopic (exact) mass is 288 g/mol. The van der Waals surface area contributed by atoms with Crippen molar-refractivity contribution in [2.24, 2.45) is 5.92 Å². The number of ether oxygens (including phenoxy) is 1. The van der Waals surface area contributed by atoms with E-state index in [9.17, 15) is 5.11 Å². The summed E-state index contributed by atoms with van der Waals surface area (Å²) in [7, 11) is 0. The third-order valence-corrected chi connectivity index (χ3v) is 4.27. The minimum Gasteiger partial charge on any atom is -0.390 e. The molecule has 114 valence electrons. The fourth-order valence-electron chi connectivity index (χ4n) is 3.12. The summed E-state index contributed by atoms with van der Waals surface area (Å²) in [5.74, 6) is 1.48. The van der Waals surface area contributed by atoms with Crippen molar-refractivity contribution in [2.45, 2.75) is 51.9 Å². The molecule has 1 aromatic heterocycles. The highest BCUT2D eigenvalue weighted by Gasteiger charge is 2.37. The van der Waals surface area contributed by atoms with Gasteiger partial charge >= 0.3 is 0 Å². The molecule has 1 aromatic carbocycles. The third-order valence-electron chi connectivity index (χ3n) is 4.27. The lowest BCUT2D eigenvalue weighted by atomic mass is 10.1. The normalized spacial score (nSPS) is 18.0. The standard InChI is InChI=1S/C17H24N2O2/c1-3-19-14-8-6-5-7-13(14)18-16(19)11-15(20)17(21-4-2)12-9-10-12/h5-8,12,15,17,20H,3-4,9-11H2,1-2H3. The number of fused-ring (bicyclic) bond motifs is 1. The molecule has 0 spiro atoms. The van der Waals surface area contributed by atoms with Gasteiger partial charge in [-0.15, -0.1) is 0 Å². The van der Waals surface area contributed by atoms with E-state index in [0.29, 0.717) is 18.9 Å². The van der Waals surface area contributed by atoms with Crippen molar-refractivity contribution in [3.8, 4) is 0 Å². The fraction of sp³-hybridized carbons (Fsp3) is 0.588. The molecule has 3 rings (SSSR count). The molecular formula is C17H24N2O2. The van der Waals surface area contributed by atoms with Crippen LogP contribution in [0, 0.1) is 5.92 Å². The molecule has 0 aliphatic heterocycles. The van der Waals surface area contributed by atoms with Crippen LogP contribution in [0.3, 0.4) is 0 Å². The molecule has 2 aromatic rings. The van der Waals surface area contributed by atoms with E-state index in [4.69, 9.17) is 9.72 Å². The van der Waals surface area contributed by atoms with Gasteiger partial charge in [0.05, 0.1) is 23.2 Å². The molecule has 21 heavy (non-hydrogen) atoms. The second kappa shape index (κ2) is 6.16. The predicted octanol–water partition coefficient (Wildman–Crippen LogP) is 2.77. The van der Waals surface area contributed by atoms with Gasteiger partial charge in [-0.05, 0) is 44.7 Å². The summed E-state index contributed by atoms with van der Waals surface area (Å²) < 4.78 is 7.95. The Labute approximate surface area is 125 Å². The van der Waals surface area contributed by atoms with Gasteiger partial charge < -0.3 is 14.4 Å². The van der Waals surface area contributed by atoms with E-state index in [-0.39, 0.29) is 6.10 Å². The smallest absolute Gasteiger partial charge is 0.112 e. The topological polar surface area (TPSA) is 47.3 Å². The molecule has 1 aliphatic carbocycles. The summed E-state index contributed by atoms with van der Waals surface area (Å²) in [4.78, 5) is 4.69. The van der Waals surface area contributed by atoms with Gasteiger partial charge in [0, 0.05) is 19.6 Å². The number of aryl methyl sites for hydroxylation is 1. The Morgan fingerprint density at radius 3 is 2.76 bits per heavy atom. The Bertz CT molecular complexity index is 604. The van der Waals surface area contributed by atoms with Gasteiger partial charge in [-0.2, -0.15) is 0 Å². The van der Waals surface area contributed by atoms with E-state index in [0.717, 1.165) is 23.4 Å². The van der Waals surface area contributed by atoms with Gasteiger partial charge in [-0.25, -0.2) is 4.98 Å². The van der Waals surface area contributed by atoms with E-state index in [2.05, 4.69) is 17.6 Å². The van der Waals surface area contributed by atoms with Crippen LogP contribution in [0.2, 0.25) is 0 Å². The number of nitrogens with zero attached hydrogens (tertiary/aromatic N) is 2. The van der Waals surface area contributed by atoms with Crippen molar-refractivity contribution >= 4 is 11.0 Å². The second-order valence-corrected chi connectivity index (χ2v) is 5.79. The molecule has 2 unspecified atom stereocenters. The SMILES string of the molecule is CCOC(C(O)Cc1nc2ccccc2n1CC)C1CC1. The number of aliphatic hydroxyl groups excluding tert-OH is 1. The van der Waals surface area contributed by atoms with Crippen molar-refractivity contribution in [3.05, 3.63) is 30.1 Å². The highest BCUT2D eigenvalue weighted by molar-refractivity contribution is 5.75. The van der Waals surface area contributed by atoms with Gasteiger partial charge in [0.25, 0.3) is 0 Å². The van der Waals surface area contributed by atoms with Crippen LogP contribution in [-0.4, -0.2) is 33.5 Å². The molecular weight excluding hydrogens is 264 g/mol. The van der Waals surface area contributed by atoms with Crippen molar-refractivity contribution in [2.75, 3.05) is 6.61 Å². The van der Waals surface area contributed by atoms with Crippen LogP contribution in [-0.2, 0) is 17.7 Å². The van der Waals surface area contributed by atoms with Crippen LogP contribution in [0.15, 0.2) is 24.3 Å². The summed E-state index contributed by atoms with van der Waals surface area (Å²) in [6.45, 7) is 5.63. The molecule has 0 radical (unpaired) electrons. The fourth-order valence-corrected chi connectivity index (χ4v) is 3.12. The molecule has 0 bridgehead atoms. The summed E-state index contributed by atoms with van der Waals surface area (Å²) >= 11 is 0. The molecule has 0 amide bonds. The Morgan fingerprint density at radius 2 is 2.10 bits per heavy atom. The molecule has 1 fully saturated rings. The number of aromatic nitrogens is 2. The number of imidazole rings is 1. The maximum absolute atomic E-state index is 10.6. The van der Waals surface area contributed by atoms with Gasteiger partial charge in [0.2, 0.25) is 0 Å². The highest BCUT2D eigenvalue weighted by atomic mass is 16.5. The van der Waals surface area contributed by atoms with Gasteiger partial charge in [-0.3, -0.25) is 0 Å². The van der Waals surface area contributed by atoms with Crippen LogP contribution in [0.25, 0.3) is 11.0 Å². The van der Waals surface area contributed by atoms with Crippen molar-refractivity contribution < 1.29 is 9.84 Å². The summed E-state index contributed by atoms with van der Waals surface area (Å²) in [5, 5.41) is 10.6. The maximum atomic E-state index is 10.6. The first kappa shape index (κ1) is 14.5. The third kappa shape index (κ3) is 2.97. The van der Waals surface area contributed by atoms with E-state index in [1.54, 1.807) is 0 Å². The number of para-hydroxylation sites is 2. The first-order valence-electron chi connectivity index (χ1n) is 7.98. The van der Waals surface area contributed by atoms with Gasteiger partial charge in [-0.1, -0.05) is 12.1 Å². The minimum atomic E-state index is -0.473. The molecule has 1 heterocycles. The summed E-state index contributed by atoms with van der Waals surface area (Å²) in [5.41, 5.74) is 2.14. The Kier molecular flexibility index (Phi) is 4.27. The van der Waals surface area contributed by atoms with Crippen LogP contribution < -0.4 is 0 Å². The Morgan fingerprint density at radius 1 is 1.33 bits per heavy atom. The zero-order chi connectivity index (χ0) is 14.8. The Hall–Kier alpha value is -1.39. The zero-order valence-electron chi connectivity index (χ0n) is 12.8. The van der Waals surface area contributed by atoms with Crippen molar-refractivity contribution in [1.29, 1.82) is 0 Å². The van der Waals surface area contributed by atoms with Crippen LogP contribution in [0.4, 0.5) is 0 Å². The number of aliphatic hydroxyl groups is 1. The van der Waals surface area contributed by atoms with E-state index >= 15 is 0 Å². The lowest BCUT2D eigenvalue weighted by molar-refractivity contribution is -0.0448. The second-order valence-electron chi connectivity index (χ2n) is 5.79. The minimum absolute atomic E-state index is 0.0416. The lowest BCUT2D eigenvalue weighted by Crippen LogP contribution is -2.33. The number of hydrogen-bond donors (Lipinski definition) is 1. The molecule has 1 aliphatic rings. The first-order valence-corrected chi connectivity index (χ1v) is 7.98. The largest absolute Gasteiger partial charge is 0.390 e. The quantitative estimate of drug-likeness (QED) is 0.852. The number of hydrogen-bond acceptors (Lipinski definition) is 3. The number of benzene rings is 1. The highest BCUT2D eigenvalue weighted by Crippen LogP contribution is 2.36. The van der Waals surface area contributed by atoms with Crippen LogP contribution in [0.5, 0.6) is 0 Å². The molecule has 0 saturated heterocycles. The predicted molar refractivity (Wildman–Crippen MR) is 83.3 cm³/mol. The van der Waals surface area contributed by atoms with Crippen molar-refractivity contribution in [3.63, 3.8) is 0 Å².